The van der Waals surface area contributed by atoms with E-state index in [2.05, 4.69) is 48.7 Å². The van der Waals surface area contributed by atoms with E-state index in [9.17, 15) is 4.79 Å². The summed E-state index contributed by atoms with van der Waals surface area (Å²) in [6.07, 6.45) is 4.96. The van der Waals surface area contributed by atoms with E-state index in [-0.39, 0.29) is 5.41 Å². The van der Waals surface area contributed by atoms with Crippen molar-refractivity contribution in [1.29, 1.82) is 0 Å². The first-order chi connectivity index (χ1) is 14.3. The summed E-state index contributed by atoms with van der Waals surface area (Å²) < 4.78 is 11.1. The zero-order chi connectivity index (χ0) is 22.0. The predicted octanol–water partition coefficient (Wildman–Crippen LogP) is 5.09. The number of carbonyl (C=O) groups is 1. The van der Waals surface area contributed by atoms with Gasteiger partial charge in [-0.3, -0.25) is 0 Å². The standard InChI is InChI=1S/C24H31N3O3/c1-6-29-21-13-10-19(16-22(21)30-7-2)17-26-27-23(28)25-15-14-18-8-11-20(12-9-18)24(3,4)5/h8-17H,6-7H2,1-5H3,(H2,25,27,28)/b15-14+,26-17+. The summed E-state index contributed by atoms with van der Waals surface area (Å²) in [6.45, 7) is 11.5. The smallest absolute Gasteiger partial charge is 0.339 e. The number of benzene rings is 2. The molecule has 0 aliphatic carbocycles. The molecule has 0 bridgehead atoms. The molecule has 160 valence electrons. The van der Waals surface area contributed by atoms with Crippen LogP contribution in [0.2, 0.25) is 0 Å². The van der Waals surface area contributed by atoms with Gasteiger partial charge in [0.25, 0.3) is 0 Å². The Morgan fingerprint density at radius 3 is 2.23 bits per heavy atom. The third kappa shape index (κ3) is 7.28. The molecule has 30 heavy (non-hydrogen) atoms. The molecule has 0 aliphatic heterocycles. The summed E-state index contributed by atoms with van der Waals surface area (Å²) in [5, 5.41) is 6.60. The minimum Gasteiger partial charge on any atom is -0.490 e. The van der Waals surface area contributed by atoms with E-state index < -0.39 is 6.03 Å². The van der Waals surface area contributed by atoms with Crippen LogP contribution in [0.15, 0.2) is 53.8 Å². The van der Waals surface area contributed by atoms with Gasteiger partial charge in [0.15, 0.2) is 11.5 Å². The molecule has 0 aromatic heterocycles. The van der Waals surface area contributed by atoms with E-state index in [1.54, 1.807) is 12.4 Å². The van der Waals surface area contributed by atoms with Crippen LogP contribution in [0.5, 0.6) is 11.5 Å². The summed E-state index contributed by atoms with van der Waals surface area (Å²) >= 11 is 0. The van der Waals surface area contributed by atoms with Crippen molar-refractivity contribution in [3.63, 3.8) is 0 Å². The van der Waals surface area contributed by atoms with Crippen LogP contribution < -0.4 is 20.2 Å². The fourth-order valence-electron chi connectivity index (χ4n) is 2.65. The lowest BCUT2D eigenvalue weighted by atomic mass is 9.87. The van der Waals surface area contributed by atoms with Gasteiger partial charge in [0.1, 0.15) is 0 Å². The number of nitrogens with zero attached hydrogens (tertiary/aromatic N) is 1. The summed E-state index contributed by atoms with van der Waals surface area (Å²) in [4.78, 5) is 11.9. The van der Waals surface area contributed by atoms with Gasteiger partial charge in [0.2, 0.25) is 0 Å². The van der Waals surface area contributed by atoms with Crippen LogP contribution in [0.1, 0.15) is 51.3 Å². The topological polar surface area (TPSA) is 72.0 Å². The zero-order valence-corrected chi connectivity index (χ0v) is 18.4. The Labute approximate surface area is 179 Å². The monoisotopic (exact) mass is 409 g/mol. The first-order valence-electron chi connectivity index (χ1n) is 10.1. The van der Waals surface area contributed by atoms with E-state index in [1.807, 2.05) is 50.3 Å². The zero-order valence-electron chi connectivity index (χ0n) is 18.4. The lowest BCUT2D eigenvalue weighted by Crippen LogP contribution is -2.28. The molecule has 2 rings (SSSR count). The van der Waals surface area contributed by atoms with Gasteiger partial charge < -0.3 is 14.8 Å². The maximum Gasteiger partial charge on any atom is 0.339 e. The molecule has 0 radical (unpaired) electrons. The fraction of sp³-hybridized carbons (Fsp3) is 0.333. The van der Waals surface area contributed by atoms with Gasteiger partial charge in [0.05, 0.1) is 19.4 Å². The highest BCUT2D eigenvalue weighted by Crippen LogP contribution is 2.28. The molecule has 0 unspecified atom stereocenters. The average Bonchev–Trinajstić information content (AvgIpc) is 2.70. The third-order valence-corrected chi connectivity index (χ3v) is 4.21. The highest BCUT2D eigenvalue weighted by molar-refractivity contribution is 5.83. The minimum atomic E-state index is -0.426. The Bertz CT molecular complexity index is 882. The molecule has 0 spiro atoms. The highest BCUT2D eigenvalue weighted by Gasteiger charge is 2.12. The number of amides is 2. The molecule has 0 atom stereocenters. The number of hydrazone groups is 1. The molecule has 0 saturated carbocycles. The summed E-state index contributed by atoms with van der Waals surface area (Å²) in [5.74, 6) is 1.33. The lowest BCUT2D eigenvalue weighted by molar-refractivity contribution is 0.244. The molecule has 0 heterocycles. The molecule has 6 nitrogen and oxygen atoms in total. The summed E-state index contributed by atoms with van der Waals surface area (Å²) in [7, 11) is 0. The Morgan fingerprint density at radius 2 is 1.60 bits per heavy atom. The Balaban J connectivity index is 1.87. The van der Waals surface area contributed by atoms with E-state index in [0.29, 0.717) is 24.7 Å². The van der Waals surface area contributed by atoms with Crippen molar-refractivity contribution < 1.29 is 14.3 Å². The maximum atomic E-state index is 11.9. The molecule has 2 amide bonds. The van der Waals surface area contributed by atoms with Crippen molar-refractivity contribution in [1.82, 2.24) is 10.7 Å². The Hall–Kier alpha value is -3.28. The van der Waals surface area contributed by atoms with E-state index in [0.717, 1.165) is 11.1 Å². The normalized spacial score (nSPS) is 11.6. The van der Waals surface area contributed by atoms with Crippen molar-refractivity contribution in [2.24, 2.45) is 5.10 Å². The van der Waals surface area contributed by atoms with Crippen LogP contribution in [0.25, 0.3) is 6.08 Å². The van der Waals surface area contributed by atoms with Gasteiger partial charge in [-0.2, -0.15) is 5.10 Å². The second kappa shape index (κ2) is 11.0. The predicted molar refractivity (Wildman–Crippen MR) is 122 cm³/mol. The van der Waals surface area contributed by atoms with Gasteiger partial charge >= 0.3 is 6.03 Å². The molecule has 2 aromatic carbocycles. The first-order valence-corrected chi connectivity index (χ1v) is 10.1. The molecule has 2 N–H and O–H groups in total. The number of hydrogen-bond acceptors (Lipinski definition) is 4. The van der Waals surface area contributed by atoms with Gasteiger partial charge in [-0.1, -0.05) is 45.0 Å². The maximum absolute atomic E-state index is 11.9. The van der Waals surface area contributed by atoms with E-state index in [1.165, 1.54) is 5.56 Å². The largest absolute Gasteiger partial charge is 0.490 e. The Morgan fingerprint density at radius 1 is 0.967 bits per heavy atom. The van der Waals surface area contributed by atoms with Crippen LogP contribution in [0.4, 0.5) is 4.79 Å². The number of ether oxygens (including phenoxy) is 2. The van der Waals surface area contributed by atoms with Crippen LogP contribution in [0, 0.1) is 0 Å². The van der Waals surface area contributed by atoms with Crippen molar-refractivity contribution >= 4 is 18.3 Å². The van der Waals surface area contributed by atoms with Crippen LogP contribution in [-0.4, -0.2) is 25.5 Å². The molecular formula is C24H31N3O3. The van der Waals surface area contributed by atoms with Crippen molar-refractivity contribution in [2.75, 3.05) is 13.2 Å². The third-order valence-electron chi connectivity index (χ3n) is 4.21. The number of nitrogens with one attached hydrogen (secondary N) is 2. The van der Waals surface area contributed by atoms with Crippen LogP contribution in [0.3, 0.4) is 0 Å². The highest BCUT2D eigenvalue weighted by atomic mass is 16.5. The molecule has 2 aromatic rings. The van der Waals surface area contributed by atoms with E-state index in [4.69, 9.17) is 9.47 Å². The minimum absolute atomic E-state index is 0.116. The summed E-state index contributed by atoms with van der Waals surface area (Å²) in [5.41, 5.74) is 5.61. The number of carbonyl (C=O) groups excluding carboxylic acids is 1. The summed E-state index contributed by atoms with van der Waals surface area (Å²) in [6, 6.07) is 13.3. The second-order valence-electron chi connectivity index (χ2n) is 7.62. The molecule has 0 fully saturated rings. The SMILES string of the molecule is CCOc1ccc(/C=N/NC(=O)N/C=C/c2ccc(C(C)(C)C)cc2)cc1OCC. The second-order valence-corrected chi connectivity index (χ2v) is 7.62. The van der Waals surface area contributed by atoms with Crippen LogP contribution >= 0.6 is 0 Å². The van der Waals surface area contributed by atoms with Gasteiger partial charge in [-0.25, -0.2) is 10.2 Å². The van der Waals surface area contributed by atoms with Crippen molar-refractivity contribution in [2.45, 2.75) is 40.0 Å². The number of hydrogen-bond donors (Lipinski definition) is 2. The quantitative estimate of drug-likeness (QED) is 0.471. The van der Waals surface area contributed by atoms with Crippen molar-refractivity contribution in [3.8, 4) is 11.5 Å². The van der Waals surface area contributed by atoms with Gasteiger partial charge in [0, 0.05) is 6.20 Å². The molecule has 6 heteroatoms. The van der Waals surface area contributed by atoms with Crippen molar-refractivity contribution in [3.05, 3.63) is 65.4 Å². The van der Waals surface area contributed by atoms with E-state index >= 15 is 0 Å². The average molecular weight is 410 g/mol. The van der Waals surface area contributed by atoms with Gasteiger partial charge in [-0.15, -0.1) is 0 Å². The fourth-order valence-corrected chi connectivity index (χ4v) is 2.65. The Kier molecular flexibility index (Phi) is 8.47. The molecule has 0 aliphatic rings. The van der Waals surface area contributed by atoms with Gasteiger partial charge in [-0.05, 0) is 60.2 Å². The molecular weight excluding hydrogens is 378 g/mol. The number of rotatable bonds is 8. The lowest BCUT2D eigenvalue weighted by Gasteiger charge is -2.18. The number of urea groups is 1. The first kappa shape index (κ1) is 23.0. The molecule has 0 saturated heterocycles. The van der Waals surface area contributed by atoms with Crippen LogP contribution in [-0.2, 0) is 5.41 Å².